The normalized spacial score (nSPS) is 11.1. The zero-order valence-corrected chi connectivity index (χ0v) is 18.4. The molecule has 0 atom stereocenters. The second-order valence-corrected chi connectivity index (χ2v) is 8.51. The predicted octanol–water partition coefficient (Wildman–Crippen LogP) is 4.18. The number of carbonyl (C=O) groups is 1. The minimum absolute atomic E-state index is 0.140. The van der Waals surface area contributed by atoms with Gasteiger partial charge in [0.05, 0.1) is 10.6 Å². The third kappa shape index (κ3) is 4.49. The van der Waals surface area contributed by atoms with Gasteiger partial charge >= 0.3 is 0 Å². The van der Waals surface area contributed by atoms with Crippen LogP contribution < -0.4 is 10.9 Å². The molecule has 158 valence electrons. The third-order valence-electron chi connectivity index (χ3n) is 4.89. The van der Waals surface area contributed by atoms with E-state index in [-0.39, 0.29) is 23.3 Å². The van der Waals surface area contributed by atoms with E-state index in [1.807, 2.05) is 68.6 Å². The van der Waals surface area contributed by atoms with Gasteiger partial charge in [0.1, 0.15) is 11.5 Å². The van der Waals surface area contributed by atoms with Gasteiger partial charge < -0.3 is 5.32 Å². The number of carbonyl (C=O) groups excluding carboxylic acids is 1. The SMILES string of the molecule is Cc1nc(-n2nc(-c3cccs3)cc2NC(=O)C(C)C)[nH]c(=O)c1Cc1ccccc1. The maximum absolute atomic E-state index is 12.9. The lowest BCUT2D eigenvalue weighted by molar-refractivity contribution is -0.118. The Morgan fingerprint density at radius 3 is 2.61 bits per heavy atom. The number of aryl methyl sites for hydroxylation is 1. The van der Waals surface area contributed by atoms with E-state index in [2.05, 4.69) is 20.4 Å². The van der Waals surface area contributed by atoms with Crippen molar-refractivity contribution in [2.24, 2.45) is 5.92 Å². The molecule has 3 aromatic heterocycles. The highest BCUT2D eigenvalue weighted by Crippen LogP contribution is 2.27. The van der Waals surface area contributed by atoms with Crippen molar-refractivity contribution < 1.29 is 4.79 Å². The Morgan fingerprint density at radius 2 is 1.97 bits per heavy atom. The molecule has 4 rings (SSSR count). The first kappa shape index (κ1) is 20.7. The van der Waals surface area contributed by atoms with E-state index in [0.29, 0.717) is 29.2 Å². The highest BCUT2D eigenvalue weighted by atomic mass is 32.1. The number of hydrogen-bond acceptors (Lipinski definition) is 5. The maximum atomic E-state index is 12.9. The van der Waals surface area contributed by atoms with Gasteiger partial charge in [0.25, 0.3) is 5.56 Å². The number of aromatic nitrogens is 4. The molecule has 0 aliphatic carbocycles. The number of aromatic amines is 1. The summed E-state index contributed by atoms with van der Waals surface area (Å²) in [4.78, 5) is 33.6. The summed E-state index contributed by atoms with van der Waals surface area (Å²) in [5, 5.41) is 9.46. The molecular weight excluding hydrogens is 410 g/mol. The molecule has 0 aliphatic rings. The van der Waals surface area contributed by atoms with Crippen LogP contribution in [0.25, 0.3) is 16.5 Å². The van der Waals surface area contributed by atoms with Crippen molar-refractivity contribution in [3.8, 4) is 16.5 Å². The monoisotopic (exact) mass is 433 g/mol. The first-order chi connectivity index (χ1) is 14.9. The molecule has 31 heavy (non-hydrogen) atoms. The molecule has 2 N–H and O–H groups in total. The van der Waals surface area contributed by atoms with Crippen LogP contribution in [0.4, 0.5) is 5.82 Å². The van der Waals surface area contributed by atoms with E-state index in [1.165, 1.54) is 4.68 Å². The highest BCUT2D eigenvalue weighted by Gasteiger charge is 2.18. The molecule has 8 heteroatoms. The molecule has 0 fully saturated rings. The van der Waals surface area contributed by atoms with Crippen molar-refractivity contribution in [3.05, 3.63) is 81.1 Å². The summed E-state index contributed by atoms with van der Waals surface area (Å²) in [7, 11) is 0. The average Bonchev–Trinajstić information content (AvgIpc) is 3.41. The quantitative estimate of drug-likeness (QED) is 0.477. The van der Waals surface area contributed by atoms with Crippen LogP contribution in [-0.4, -0.2) is 25.7 Å². The topological polar surface area (TPSA) is 92.7 Å². The molecular formula is C23H23N5O2S. The Hall–Kier alpha value is -3.52. The fourth-order valence-electron chi connectivity index (χ4n) is 3.15. The van der Waals surface area contributed by atoms with E-state index in [9.17, 15) is 9.59 Å². The van der Waals surface area contributed by atoms with Crippen LogP contribution >= 0.6 is 11.3 Å². The van der Waals surface area contributed by atoms with E-state index in [1.54, 1.807) is 17.4 Å². The molecule has 1 amide bonds. The molecule has 3 heterocycles. The van der Waals surface area contributed by atoms with Crippen molar-refractivity contribution in [1.29, 1.82) is 0 Å². The smallest absolute Gasteiger partial charge is 0.256 e. The number of benzene rings is 1. The second-order valence-electron chi connectivity index (χ2n) is 7.56. The Bertz CT molecular complexity index is 1260. The van der Waals surface area contributed by atoms with E-state index >= 15 is 0 Å². The number of rotatable bonds is 6. The van der Waals surface area contributed by atoms with Crippen LogP contribution in [-0.2, 0) is 11.2 Å². The van der Waals surface area contributed by atoms with E-state index in [0.717, 1.165) is 10.4 Å². The summed E-state index contributed by atoms with van der Waals surface area (Å²) in [5.74, 6) is 0.385. The van der Waals surface area contributed by atoms with Gasteiger partial charge in [0.2, 0.25) is 11.9 Å². The summed E-state index contributed by atoms with van der Waals surface area (Å²) < 4.78 is 1.48. The average molecular weight is 434 g/mol. The molecule has 0 bridgehead atoms. The summed E-state index contributed by atoms with van der Waals surface area (Å²) in [6.45, 7) is 5.45. The van der Waals surface area contributed by atoms with Crippen molar-refractivity contribution in [2.75, 3.05) is 5.32 Å². The lowest BCUT2D eigenvalue weighted by Gasteiger charge is -2.11. The number of amides is 1. The minimum atomic E-state index is -0.222. The molecule has 4 aromatic rings. The van der Waals surface area contributed by atoms with Gasteiger partial charge in [-0.15, -0.1) is 11.3 Å². The van der Waals surface area contributed by atoms with E-state index in [4.69, 9.17) is 0 Å². The van der Waals surface area contributed by atoms with Gasteiger partial charge in [-0.3, -0.25) is 14.6 Å². The van der Waals surface area contributed by atoms with Gasteiger partial charge in [-0.25, -0.2) is 4.98 Å². The predicted molar refractivity (Wildman–Crippen MR) is 123 cm³/mol. The Balaban J connectivity index is 1.76. The van der Waals surface area contributed by atoms with Crippen LogP contribution in [0.1, 0.15) is 30.7 Å². The summed E-state index contributed by atoms with van der Waals surface area (Å²) in [5.41, 5.74) is 2.74. The summed E-state index contributed by atoms with van der Waals surface area (Å²) in [6, 6.07) is 15.5. The zero-order chi connectivity index (χ0) is 22.0. The standard InChI is InChI=1S/C23H23N5O2S/c1-14(2)21(29)25-20-13-18(19-10-7-11-31-19)27-28(20)23-24-15(3)17(22(30)26-23)12-16-8-5-4-6-9-16/h4-11,13-14H,12H2,1-3H3,(H,25,29)(H,24,26,30). The van der Waals surface area contributed by atoms with Gasteiger partial charge in [-0.2, -0.15) is 9.78 Å². The fraction of sp³-hybridized carbons (Fsp3) is 0.217. The number of nitrogens with zero attached hydrogens (tertiary/aromatic N) is 3. The summed E-state index contributed by atoms with van der Waals surface area (Å²) >= 11 is 1.55. The van der Waals surface area contributed by atoms with Crippen molar-refractivity contribution in [2.45, 2.75) is 27.2 Å². The van der Waals surface area contributed by atoms with Crippen molar-refractivity contribution >= 4 is 23.1 Å². The van der Waals surface area contributed by atoms with E-state index < -0.39 is 0 Å². The highest BCUT2D eigenvalue weighted by molar-refractivity contribution is 7.13. The number of hydrogen-bond donors (Lipinski definition) is 2. The van der Waals surface area contributed by atoms with Crippen LogP contribution in [0.3, 0.4) is 0 Å². The maximum Gasteiger partial charge on any atom is 0.256 e. The number of nitrogens with one attached hydrogen (secondary N) is 2. The molecule has 0 unspecified atom stereocenters. The lowest BCUT2D eigenvalue weighted by atomic mass is 10.1. The Morgan fingerprint density at radius 1 is 1.19 bits per heavy atom. The summed E-state index contributed by atoms with van der Waals surface area (Å²) in [6.07, 6.45) is 0.492. The van der Waals surface area contributed by atoms with Crippen molar-refractivity contribution in [1.82, 2.24) is 19.7 Å². The first-order valence-corrected chi connectivity index (χ1v) is 10.9. The van der Waals surface area contributed by atoms with Gasteiger partial charge in [0, 0.05) is 24.0 Å². The van der Waals surface area contributed by atoms with Crippen LogP contribution in [0, 0.1) is 12.8 Å². The fourth-order valence-corrected chi connectivity index (χ4v) is 3.83. The van der Waals surface area contributed by atoms with Crippen LogP contribution in [0.2, 0.25) is 0 Å². The molecule has 0 saturated carbocycles. The Labute approximate surface area is 183 Å². The molecule has 0 saturated heterocycles. The lowest BCUT2D eigenvalue weighted by Crippen LogP contribution is -2.23. The molecule has 0 spiro atoms. The van der Waals surface area contributed by atoms with Gasteiger partial charge in [-0.1, -0.05) is 50.2 Å². The molecule has 1 aromatic carbocycles. The van der Waals surface area contributed by atoms with Gasteiger partial charge in [0.15, 0.2) is 0 Å². The minimum Gasteiger partial charge on any atom is -0.310 e. The van der Waals surface area contributed by atoms with Crippen molar-refractivity contribution in [3.63, 3.8) is 0 Å². The number of thiophene rings is 1. The largest absolute Gasteiger partial charge is 0.310 e. The third-order valence-corrected chi connectivity index (χ3v) is 5.79. The van der Waals surface area contributed by atoms with Crippen LogP contribution in [0.5, 0.6) is 0 Å². The second kappa shape index (κ2) is 8.69. The molecule has 0 radical (unpaired) electrons. The van der Waals surface area contributed by atoms with Gasteiger partial charge in [-0.05, 0) is 23.9 Å². The van der Waals surface area contributed by atoms with Crippen LogP contribution in [0.15, 0.2) is 58.7 Å². The number of H-pyrrole nitrogens is 1. The Kier molecular flexibility index (Phi) is 5.81. The molecule has 7 nitrogen and oxygen atoms in total. The zero-order valence-electron chi connectivity index (χ0n) is 17.5. The number of anilines is 1. The first-order valence-electron chi connectivity index (χ1n) is 10.0. The molecule has 0 aliphatic heterocycles.